The number of fused-ring (bicyclic) bond motifs is 2. The Kier molecular flexibility index (Phi) is 5.74. The molecule has 0 atom stereocenters. The highest BCUT2D eigenvalue weighted by atomic mass is 32.1. The first kappa shape index (κ1) is 23.0. The van der Waals surface area contributed by atoms with Crippen LogP contribution < -0.4 is 5.32 Å². The minimum Gasteiger partial charge on any atom is -0.336 e. The lowest BCUT2D eigenvalue weighted by Crippen LogP contribution is -2.27. The topological polar surface area (TPSA) is 115 Å². The number of H-pyrrole nitrogens is 2. The number of thiophene rings is 1. The smallest absolute Gasteiger partial charge is 0.238 e. The number of aromatic amines is 2. The number of amides is 1. The molecule has 9 nitrogen and oxygen atoms in total. The number of pyridine rings is 2. The Balaban J connectivity index is 1.38. The van der Waals surface area contributed by atoms with Crippen LogP contribution in [0.1, 0.15) is 4.88 Å². The van der Waals surface area contributed by atoms with Gasteiger partial charge in [-0.2, -0.15) is 5.10 Å². The van der Waals surface area contributed by atoms with E-state index < -0.39 is 0 Å². The molecule has 5 aromatic heterocycles. The van der Waals surface area contributed by atoms with Crippen molar-refractivity contribution < 1.29 is 4.79 Å². The Morgan fingerprint density at radius 3 is 2.73 bits per heavy atom. The summed E-state index contributed by atoms with van der Waals surface area (Å²) in [7, 11) is 3.70. The van der Waals surface area contributed by atoms with Crippen molar-refractivity contribution in [1.82, 2.24) is 35.0 Å². The summed E-state index contributed by atoms with van der Waals surface area (Å²) in [4.78, 5) is 34.0. The minimum atomic E-state index is -0.105. The van der Waals surface area contributed by atoms with E-state index in [-0.39, 0.29) is 12.5 Å². The zero-order chi connectivity index (χ0) is 25.5. The molecule has 0 spiro atoms. The lowest BCUT2D eigenvalue weighted by atomic mass is 10.1. The first-order valence-corrected chi connectivity index (χ1v) is 12.6. The Hall–Kier alpha value is -4.41. The summed E-state index contributed by atoms with van der Waals surface area (Å²) in [5, 5.41) is 10.5. The summed E-state index contributed by atoms with van der Waals surface area (Å²) in [5.41, 5.74) is 7.20. The highest BCUT2D eigenvalue weighted by Crippen LogP contribution is 2.34. The predicted octanol–water partition coefficient (Wildman–Crippen LogP) is 5.10. The molecule has 0 aliphatic rings. The van der Waals surface area contributed by atoms with E-state index in [9.17, 15) is 4.79 Å². The molecule has 0 aliphatic carbocycles. The Morgan fingerprint density at radius 1 is 1.03 bits per heavy atom. The lowest BCUT2D eigenvalue weighted by molar-refractivity contribution is -0.116. The van der Waals surface area contributed by atoms with E-state index in [0.717, 1.165) is 33.4 Å². The number of para-hydroxylation sites is 1. The van der Waals surface area contributed by atoms with Crippen LogP contribution in [0, 0.1) is 6.92 Å². The molecule has 5 heterocycles. The van der Waals surface area contributed by atoms with Crippen LogP contribution >= 0.6 is 11.3 Å². The first-order valence-electron chi connectivity index (χ1n) is 11.8. The molecule has 0 fully saturated rings. The van der Waals surface area contributed by atoms with Crippen LogP contribution in [0.25, 0.3) is 55.3 Å². The predicted molar refractivity (Wildman–Crippen MR) is 147 cm³/mol. The van der Waals surface area contributed by atoms with Crippen LogP contribution in [0.3, 0.4) is 0 Å². The molecule has 3 N–H and O–H groups in total. The molecule has 1 amide bonds. The van der Waals surface area contributed by atoms with Gasteiger partial charge in [0.2, 0.25) is 5.91 Å². The average Bonchev–Trinajstić information content (AvgIpc) is 3.60. The van der Waals surface area contributed by atoms with Gasteiger partial charge < -0.3 is 15.2 Å². The number of carbonyl (C=O) groups is 1. The monoisotopic (exact) mass is 508 g/mol. The number of aryl methyl sites for hydroxylation is 1. The number of aromatic nitrogens is 6. The van der Waals surface area contributed by atoms with Gasteiger partial charge in [0.1, 0.15) is 5.52 Å². The molecular formula is C27H24N8OS. The molecule has 0 saturated heterocycles. The Labute approximate surface area is 216 Å². The second kappa shape index (κ2) is 9.23. The van der Waals surface area contributed by atoms with E-state index in [1.807, 2.05) is 49.3 Å². The van der Waals surface area contributed by atoms with Gasteiger partial charge in [-0.15, -0.1) is 11.3 Å². The molecule has 0 saturated carbocycles. The maximum absolute atomic E-state index is 12.2. The molecule has 0 radical (unpaired) electrons. The van der Waals surface area contributed by atoms with Gasteiger partial charge in [0.15, 0.2) is 11.5 Å². The van der Waals surface area contributed by atoms with Crippen molar-refractivity contribution in [1.29, 1.82) is 0 Å². The maximum Gasteiger partial charge on any atom is 0.238 e. The van der Waals surface area contributed by atoms with Crippen molar-refractivity contribution in [2.45, 2.75) is 6.92 Å². The fourth-order valence-corrected chi connectivity index (χ4v) is 5.18. The van der Waals surface area contributed by atoms with Crippen molar-refractivity contribution in [2.75, 3.05) is 26.0 Å². The number of anilines is 1. The summed E-state index contributed by atoms with van der Waals surface area (Å²) >= 11 is 1.75. The maximum atomic E-state index is 12.2. The largest absolute Gasteiger partial charge is 0.336 e. The summed E-state index contributed by atoms with van der Waals surface area (Å²) in [5.74, 6) is 0.542. The van der Waals surface area contributed by atoms with Crippen molar-refractivity contribution in [3.63, 3.8) is 0 Å². The van der Waals surface area contributed by atoms with Crippen molar-refractivity contribution >= 4 is 45.0 Å². The molecule has 1 aromatic carbocycles. The molecular weight excluding hydrogens is 484 g/mol. The quantitative estimate of drug-likeness (QED) is 0.288. The van der Waals surface area contributed by atoms with Crippen LogP contribution in [0.5, 0.6) is 0 Å². The van der Waals surface area contributed by atoms with Gasteiger partial charge >= 0.3 is 0 Å². The number of nitrogens with zero attached hydrogens (tertiary/aromatic N) is 5. The zero-order valence-corrected chi connectivity index (χ0v) is 21.3. The van der Waals surface area contributed by atoms with Crippen LogP contribution in [-0.2, 0) is 4.79 Å². The molecule has 0 unspecified atom stereocenters. The van der Waals surface area contributed by atoms with Crippen LogP contribution in [0.2, 0.25) is 0 Å². The average molecular weight is 509 g/mol. The van der Waals surface area contributed by atoms with Gasteiger partial charge in [-0.1, -0.05) is 12.1 Å². The summed E-state index contributed by atoms with van der Waals surface area (Å²) in [6.07, 6.45) is 3.35. The lowest BCUT2D eigenvalue weighted by Gasteiger charge is -2.10. The number of hydrogen-bond acceptors (Lipinski definition) is 7. The van der Waals surface area contributed by atoms with E-state index >= 15 is 0 Å². The van der Waals surface area contributed by atoms with Gasteiger partial charge in [-0.25, -0.2) is 9.97 Å². The number of hydrogen-bond donors (Lipinski definition) is 3. The highest BCUT2D eigenvalue weighted by molar-refractivity contribution is 7.15. The SMILES string of the molecule is Cc1ccc(-c2cccc3[nH]c(-c4n[nH]c5ccc(-c6cncc(NC(=O)CN(C)C)c6)nc45)nc23)s1. The van der Waals surface area contributed by atoms with Gasteiger partial charge in [0, 0.05) is 27.1 Å². The number of rotatable bonds is 6. The van der Waals surface area contributed by atoms with Crippen LogP contribution in [0.15, 0.2) is 60.9 Å². The fraction of sp³-hybridized carbons (Fsp3) is 0.148. The second-order valence-corrected chi connectivity index (χ2v) is 10.4. The van der Waals surface area contributed by atoms with E-state index in [2.05, 4.69) is 50.6 Å². The number of carbonyl (C=O) groups excluding carboxylic acids is 1. The van der Waals surface area contributed by atoms with Crippen LogP contribution in [-0.4, -0.2) is 61.6 Å². The first-order chi connectivity index (χ1) is 17.9. The van der Waals surface area contributed by atoms with E-state index in [1.54, 1.807) is 23.7 Å². The normalized spacial score (nSPS) is 11.6. The third-order valence-corrected chi connectivity index (χ3v) is 6.96. The van der Waals surface area contributed by atoms with Crippen molar-refractivity contribution in [2.24, 2.45) is 0 Å². The van der Waals surface area contributed by atoms with Gasteiger partial charge in [0.05, 0.1) is 40.7 Å². The highest BCUT2D eigenvalue weighted by Gasteiger charge is 2.17. The van der Waals surface area contributed by atoms with E-state index in [1.165, 1.54) is 9.75 Å². The summed E-state index contributed by atoms with van der Waals surface area (Å²) in [6.45, 7) is 2.39. The minimum absolute atomic E-state index is 0.105. The summed E-state index contributed by atoms with van der Waals surface area (Å²) in [6, 6.07) is 16.1. The number of imidazole rings is 1. The molecule has 10 heteroatoms. The van der Waals surface area contributed by atoms with E-state index in [4.69, 9.17) is 9.97 Å². The van der Waals surface area contributed by atoms with Crippen LogP contribution in [0.4, 0.5) is 5.69 Å². The number of benzene rings is 1. The number of nitrogens with one attached hydrogen (secondary N) is 3. The fourth-order valence-electron chi connectivity index (χ4n) is 4.28. The molecule has 0 bridgehead atoms. The van der Waals surface area contributed by atoms with Crippen molar-refractivity contribution in [3.05, 3.63) is 65.8 Å². The standard InChI is InChI=1S/C27H24N8OS/c1-15-7-10-22(37-15)18-5-4-6-20-24(18)32-27(31-20)26-25-21(33-34-26)9-8-19(30-25)16-11-17(13-28-12-16)29-23(36)14-35(2)3/h4-13H,14H2,1-3H3,(H,29,36)(H,31,32)(H,33,34). The van der Waals surface area contributed by atoms with E-state index in [0.29, 0.717) is 22.7 Å². The van der Waals surface area contributed by atoms with Gasteiger partial charge in [0.25, 0.3) is 0 Å². The number of likely N-dealkylation sites (N-methyl/N-ethyl adjacent to an activating group) is 1. The molecule has 37 heavy (non-hydrogen) atoms. The van der Waals surface area contributed by atoms with Gasteiger partial charge in [-0.05, 0) is 57.4 Å². The third-order valence-electron chi connectivity index (χ3n) is 5.93. The molecule has 6 rings (SSSR count). The van der Waals surface area contributed by atoms with Crippen molar-refractivity contribution in [3.8, 4) is 33.2 Å². The molecule has 0 aliphatic heterocycles. The Bertz CT molecular complexity index is 1760. The zero-order valence-electron chi connectivity index (χ0n) is 20.5. The Morgan fingerprint density at radius 2 is 1.92 bits per heavy atom. The van der Waals surface area contributed by atoms with Gasteiger partial charge in [-0.3, -0.25) is 14.9 Å². The molecule has 6 aromatic rings. The summed E-state index contributed by atoms with van der Waals surface area (Å²) < 4.78 is 0. The second-order valence-electron chi connectivity index (χ2n) is 9.11. The third kappa shape index (κ3) is 4.48. The molecule has 184 valence electrons.